The fraction of sp³-hybridized carbons (Fsp3) is 0.625. The van der Waals surface area contributed by atoms with Crippen molar-refractivity contribution in [3.8, 4) is 0 Å². The Labute approximate surface area is 140 Å². The Morgan fingerprint density at radius 2 is 2.00 bits per heavy atom. The van der Waals surface area contributed by atoms with Gasteiger partial charge >= 0.3 is 0 Å². The first-order valence-electron chi connectivity index (χ1n) is 7.23. The Bertz CT molecular complexity index is 379. The molecule has 3 heteroatoms. The van der Waals surface area contributed by atoms with Crippen molar-refractivity contribution in [1.29, 1.82) is 0 Å². The molecular formula is C16H25BrIN. The number of hydrogen-bond acceptors (Lipinski definition) is 1. The van der Waals surface area contributed by atoms with Gasteiger partial charge < -0.3 is 5.32 Å². The summed E-state index contributed by atoms with van der Waals surface area (Å²) in [6, 6.07) is 7.09. The average molecular weight is 438 g/mol. The summed E-state index contributed by atoms with van der Waals surface area (Å²) in [5, 5.41) is 3.69. The lowest BCUT2D eigenvalue weighted by Crippen LogP contribution is -2.22. The maximum Gasteiger partial charge on any atom is 0.0331 e. The molecule has 0 aromatic heterocycles. The van der Waals surface area contributed by atoms with Crippen LogP contribution in [-0.2, 0) is 0 Å². The van der Waals surface area contributed by atoms with E-state index in [9.17, 15) is 0 Å². The predicted octanol–water partition coefficient (Wildman–Crippen LogP) is 5.92. The van der Waals surface area contributed by atoms with E-state index in [1.807, 2.05) is 0 Å². The van der Waals surface area contributed by atoms with Gasteiger partial charge in [0.1, 0.15) is 0 Å². The van der Waals surface area contributed by atoms with Gasteiger partial charge in [0.2, 0.25) is 0 Å². The fourth-order valence-corrected chi connectivity index (χ4v) is 3.24. The van der Waals surface area contributed by atoms with Crippen molar-refractivity contribution in [2.24, 2.45) is 5.92 Å². The van der Waals surface area contributed by atoms with Crippen molar-refractivity contribution in [3.63, 3.8) is 0 Å². The second-order valence-corrected chi connectivity index (χ2v) is 7.60. The zero-order valence-electron chi connectivity index (χ0n) is 12.2. The van der Waals surface area contributed by atoms with E-state index in [0.29, 0.717) is 6.04 Å². The largest absolute Gasteiger partial charge is 0.310 e. The van der Waals surface area contributed by atoms with Crippen molar-refractivity contribution in [3.05, 3.63) is 31.8 Å². The lowest BCUT2D eigenvalue weighted by atomic mass is 9.98. The van der Waals surface area contributed by atoms with Crippen LogP contribution in [0.1, 0.15) is 58.1 Å². The molecule has 0 radical (unpaired) electrons. The van der Waals surface area contributed by atoms with E-state index in [1.165, 1.54) is 39.3 Å². The summed E-state index contributed by atoms with van der Waals surface area (Å²) in [6.07, 6.45) is 5.00. The molecule has 0 fully saturated rings. The first-order chi connectivity index (χ1) is 9.04. The second-order valence-electron chi connectivity index (χ2n) is 5.50. The Kier molecular flexibility index (Phi) is 8.58. The molecule has 0 amide bonds. The number of benzene rings is 1. The summed E-state index contributed by atoms with van der Waals surface area (Å²) in [5.41, 5.74) is 1.41. The number of halogens is 2. The molecule has 1 nitrogen and oxygen atoms in total. The van der Waals surface area contributed by atoms with Gasteiger partial charge in [-0.3, -0.25) is 0 Å². The first-order valence-corrected chi connectivity index (χ1v) is 9.10. The molecule has 1 rings (SSSR count). The third-order valence-electron chi connectivity index (χ3n) is 3.25. The van der Waals surface area contributed by atoms with Gasteiger partial charge in [0.05, 0.1) is 0 Å². The molecule has 0 aliphatic carbocycles. The van der Waals surface area contributed by atoms with Crippen LogP contribution in [0.3, 0.4) is 0 Å². The molecule has 1 unspecified atom stereocenters. The molecule has 1 N–H and O–H groups in total. The number of nitrogens with one attached hydrogen (secondary N) is 1. The Morgan fingerprint density at radius 1 is 1.26 bits per heavy atom. The molecule has 108 valence electrons. The van der Waals surface area contributed by atoms with Crippen molar-refractivity contribution >= 4 is 38.5 Å². The van der Waals surface area contributed by atoms with Crippen LogP contribution in [0.4, 0.5) is 0 Å². The molecule has 0 saturated carbocycles. The molecular weight excluding hydrogens is 413 g/mol. The lowest BCUT2D eigenvalue weighted by Gasteiger charge is -2.21. The zero-order valence-corrected chi connectivity index (χ0v) is 15.9. The number of rotatable bonds is 8. The van der Waals surface area contributed by atoms with Crippen molar-refractivity contribution in [2.75, 3.05) is 6.54 Å². The average Bonchev–Trinajstić information content (AvgIpc) is 2.36. The van der Waals surface area contributed by atoms with Gasteiger partial charge in [-0.15, -0.1) is 0 Å². The number of hydrogen-bond donors (Lipinski definition) is 1. The van der Waals surface area contributed by atoms with Gasteiger partial charge in [0, 0.05) is 14.1 Å². The third-order valence-corrected chi connectivity index (χ3v) is 4.64. The maximum atomic E-state index is 3.70. The van der Waals surface area contributed by atoms with Crippen LogP contribution in [0.15, 0.2) is 22.7 Å². The van der Waals surface area contributed by atoms with E-state index in [-0.39, 0.29) is 0 Å². The molecule has 0 aliphatic heterocycles. The van der Waals surface area contributed by atoms with E-state index in [1.54, 1.807) is 0 Å². The molecule has 0 saturated heterocycles. The highest BCUT2D eigenvalue weighted by molar-refractivity contribution is 14.1. The standard InChI is InChI=1S/C16H25BrIN/c1-4-10-19-16(7-5-6-12(2)3)14-11-13(18)8-9-15(14)17/h8-9,11-12,16,19H,4-7,10H2,1-3H3. The van der Waals surface area contributed by atoms with E-state index in [2.05, 4.69) is 82.8 Å². The van der Waals surface area contributed by atoms with Crippen LogP contribution < -0.4 is 5.32 Å². The Balaban J connectivity index is 2.73. The third kappa shape index (κ3) is 6.58. The van der Waals surface area contributed by atoms with Gasteiger partial charge in [-0.1, -0.05) is 49.5 Å². The monoisotopic (exact) mass is 437 g/mol. The Hall–Kier alpha value is 0.390. The van der Waals surface area contributed by atoms with Gasteiger partial charge in [-0.05, 0) is 71.7 Å². The first kappa shape index (κ1) is 17.4. The minimum Gasteiger partial charge on any atom is -0.310 e. The van der Waals surface area contributed by atoms with E-state index in [4.69, 9.17) is 0 Å². The van der Waals surface area contributed by atoms with Crippen LogP contribution in [0, 0.1) is 9.49 Å². The van der Waals surface area contributed by atoms with Crippen LogP contribution in [0.25, 0.3) is 0 Å². The van der Waals surface area contributed by atoms with Crippen LogP contribution >= 0.6 is 38.5 Å². The van der Waals surface area contributed by atoms with Gasteiger partial charge in [-0.25, -0.2) is 0 Å². The highest BCUT2D eigenvalue weighted by Gasteiger charge is 2.14. The summed E-state index contributed by atoms with van der Waals surface area (Å²) in [5.74, 6) is 0.797. The van der Waals surface area contributed by atoms with Crippen LogP contribution in [0.2, 0.25) is 0 Å². The quantitative estimate of drug-likeness (QED) is 0.497. The molecule has 1 aromatic carbocycles. The smallest absolute Gasteiger partial charge is 0.0331 e. The Morgan fingerprint density at radius 3 is 2.63 bits per heavy atom. The molecule has 0 spiro atoms. The minimum absolute atomic E-state index is 0.475. The van der Waals surface area contributed by atoms with Crippen LogP contribution in [0.5, 0.6) is 0 Å². The molecule has 0 heterocycles. The molecule has 0 bridgehead atoms. The van der Waals surface area contributed by atoms with Gasteiger partial charge in [0.15, 0.2) is 0 Å². The molecule has 19 heavy (non-hydrogen) atoms. The summed E-state index contributed by atoms with van der Waals surface area (Å²) >= 11 is 6.09. The van der Waals surface area contributed by atoms with Gasteiger partial charge in [-0.2, -0.15) is 0 Å². The normalized spacial score (nSPS) is 12.9. The summed E-state index contributed by atoms with van der Waals surface area (Å²) in [4.78, 5) is 0. The summed E-state index contributed by atoms with van der Waals surface area (Å²) < 4.78 is 2.54. The second kappa shape index (κ2) is 9.35. The summed E-state index contributed by atoms with van der Waals surface area (Å²) in [7, 11) is 0. The van der Waals surface area contributed by atoms with E-state index >= 15 is 0 Å². The highest BCUT2D eigenvalue weighted by atomic mass is 127. The predicted molar refractivity (Wildman–Crippen MR) is 96.6 cm³/mol. The summed E-state index contributed by atoms with van der Waals surface area (Å²) in [6.45, 7) is 7.91. The lowest BCUT2D eigenvalue weighted by molar-refractivity contribution is 0.446. The SMILES string of the molecule is CCCNC(CCCC(C)C)c1cc(I)ccc1Br. The minimum atomic E-state index is 0.475. The van der Waals surface area contributed by atoms with Gasteiger partial charge in [0.25, 0.3) is 0 Å². The van der Waals surface area contributed by atoms with Crippen molar-refractivity contribution in [1.82, 2.24) is 5.32 Å². The fourth-order valence-electron chi connectivity index (χ4n) is 2.20. The zero-order chi connectivity index (χ0) is 14.3. The highest BCUT2D eigenvalue weighted by Crippen LogP contribution is 2.29. The van der Waals surface area contributed by atoms with E-state index < -0.39 is 0 Å². The molecule has 1 aromatic rings. The van der Waals surface area contributed by atoms with Crippen molar-refractivity contribution < 1.29 is 0 Å². The maximum absolute atomic E-state index is 3.70. The van der Waals surface area contributed by atoms with E-state index in [0.717, 1.165) is 12.5 Å². The van der Waals surface area contributed by atoms with Crippen LogP contribution in [-0.4, -0.2) is 6.54 Å². The van der Waals surface area contributed by atoms with Crippen molar-refractivity contribution in [2.45, 2.75) is 52.5 Å². The topological polar surface area (TPSA) is 12.0 Å². The molecule has 0 aliphatic rings. The molecule has 1 atom stereocenters.